The molecule has 0 unspecified atom stereocenters. The molecule has 0 saturated carbocycles. The summed E-state index contributed by atoms with van der Waals surface area (Å²) in [6, 6.07) is 4.25. The Hall–Kier alpha value is -1.16. The van der Waals surface area contributed by atoms with E-state index in [1.165, 1.54) is 4.90 Å². The van der Waals surface area contributed by atoms with Crippen LogP contribution in [-0.4, -0.2) is 30.7 Å². The molecule has 3 nitrogen and oxygen atoms in total. The Morgan fingerprint density at radius 1 is 1.15 bits per heavy atom. The van der Waals surface area contributed by atoms with Gasteiger partial charge in [-0.25, -0.2) is 4.79 Å². The lowest BCUT2D eigenvalue weighted by molar-refractivity contribution is -0.157. The summed E-state index contributed by atoms with van der Waals surface area (Å²) in [6.07, 6.45) is 4.38. The van der Waals surface area contributed by atoms with E-state index in [1.54, 1.807) is 0 Å². The first kappa shape index (κ1) is 16.9. The molecule has 1 rings (SSSR count). The molecule has 1 aromatic rings. The molecular weight excluding hydrogens is 272 g/mol. The minimum Gasteiger partial charge on any atom is -0.481 e. The molecule has 0 aromatic heterocycles. The number of carbonyl (C=O) groups is 1. The summed E-state index contributed by atoms with van der Waals surface area (Å²) in [6.45, 7) is 9.50. The van der Waals surface area contributed by atoms with E-state index in [0.717, 1.165) is 16.9 Å². The standard InChI is InChI=1S/C16H25O3S/c1-11-8-13(20(6)7)9-12(2)15(11)18-10-14(17)19-16(3,4)5/h8-9H,10H2,1-7H3/q+1. The smallest absolute Gasteiger partial charge is 0.344 e. The molecule has 0 aliphatic heterocycles. The molecule has 112 valence electrons. The molecule has 4 heteroatoms. The Kier molecular flexibility index (Phi) is 5.51. The Bertz CT molecular complexity index is 464. The molecule has 0 saturated heterocycles. The Morgan fingerprint density at radius 3 is 2.05 bits per heavy atom. The van der Waals surface area contributed by atoms with Gasteiger partial charge in [0.05, 0.1) is 0 Å². The first-order valence-electron chi connectivity index (χ1n) is 6.63. The number of rotatable bonds is 4. The number of benzene rings is 1. The highest BCUT2D eigenvalue weighted by Gasteiger charge is 2.18. The maximum Gasteiger partial charge on any atom is 0.344 e. The molecule has 0 atom stereocenters. The SMILES string of the molecule is Cc1cc([S+](C)C)cc(C)c1OCC(=O)OC(C)(C)C. The van der Waals surface area contributed by atoms with Crippen molar-refractivity contribution in [3.8, 4) is 5.75 Å². The Balaban J connectivity index is 2.77. The first-order chi connectivity index (χ1) is 9.10. The van der Waals surface area contributed by atoms with Crippen molar-refractivity contribution in [1.82, 2.24) is 0 Å². The average molecular weight is 297 g/mol. The summed E-state index contributed by atoms with van der Waals surface area (Å²) in [5, 5.41) is 0. The van der Waals surface area contributed by atoms with Gasteiger partial charge in [-0.05, 0) is 57.9 Å². The minimum absolute atomic E-state index is 0.0533. The molecule has 0 amide bonds. The van der Waals surface area contributed by atoms with Gasteiger partial charge in [-0.3, -0.25) is 0 Å². The zero-order valence-corrected chi connectivity index (χ0v) is 14.3. The third-order valence-corrected chi connectivity index (χ3v) is 3.84. The fourth-order valence-corrected chi connectivity index (χ4v) is 2.70. The van der Waals surface area contributed by atoms with Crippen LogP contribution < -0.4 is 4.74 Å². The molecule has 0 fully saturated rings. The zero-order chi connectivity index (χ0) is 15.5. The van der Waals surface area contributed by atoms with Crippen LogP contribution in [0.5, 0.6) is 5.75 Å². The molecule has 1 aromatic carbocycles. The van der Waals surface area contributed by atoms with Crippen molar-refractivity contribution >= 4 is 16.9 Å². The predicted molar refractivity (Wildman–Crippen MR) is 84.7 cm³/mol. The summed E-state index contributed by atoms with van der Waals surface area (Å²) in [4.78, 5) is 13.0. The molecule has 0 heterocycles. The van der Waals surface area contributed by atoms with Gasteiger partial charge in [0.15, 0.2) is 11.5 Å². The predicted octanol–water partition coefficient (Wildman–Crippen LogP) is 3.26. The summed E-state index contributed by atoms with van der Waals surface area (Å²) in [5.74, 6) is 0.441. The summed E-state index contributed by atoms with van der Waals surface area (Å²) >= 11 is 0. The lowest BCUT2D eigenvalue weighted by atomic mass is 10.1. The maximum atomic E-state index is 11.7. The highest BCUT2D eigenvalue weighted by Crippen LogP contribution is 2.27. The van der Waals surface area contributed by atoms with Gasteiger partial charge < -0.3 is 9.47 Å². The summed E-state index contributed by atoms with van der Waals surface area (Å²) in [5.41, 5.74) is 1.64. The van der Waals surface area contributed by atoms with Gasteiger partial charge in [0, 0.05) is 10.9 Å². The van der Waals surface area contributed by atoms with Gasteiger partial charge in [0.25, 0.3) is 0 Å². The van der Waals surface area contributed by atoms with Gasteiger partial charge in [0.1, 0.15) is 23.9 Å². The van der Waals surface area contributed by atoms with Gasteiger partial charge >= 0.3 is 5.97 Å². The Labute approximate surface area is 125 Å². The van der Waals surface area contributed by atoms with Crippen LogP contribution in [0, 0.1) is 13.8 Å². The van der Waals surface area contributed by atoms with Crippen LogP contribution in [0.1, 0.15) is 31.9 Å². The van der Waals surface area contributed by atoms with Crippen LogP contribution in [0.2, 0.25) is 0 Å². The Morgan fingerprint density at radius 2 is 1.65 bits per heavy atom. The van der Waals surface area contributed by atoms with E-state index in [1.807, 2.05) is 34.6 Å². The van der Waals surface area contributed by atoms with Crippen molar-refractivity contribution in [3.05, 3.63) is 23.3 Å². The van der Waals surface area contributed by atoms with Crippen molar-refractivity contribution in [3.63, 3.8) is 0 Å². The molecule has 0 radical (unpaired) electrons. The third kappa shape index (κ3) is 5.08. The lowest BCUT2D eigenvalue weighted by Gasteiger charge is -2.20. The molecule has 0 spiro atoms. The number of aryl methyl sites for hydroxylation is 2. The second-order valence-electron chi connectivity index (χ2n) is 6.08. The largest absolute Gasteiger partial charge is 0.481 e. The highest BCUT2D eigenvalue weighted by atomic mass is 32.2. The van der Waals surface area contributed by atoms with Crippen LogP contribution in [0.15, 0.2) is 17.0 Å². The molecule has 0 N–H and O–H groups in total. The van der Waals surface area contributed by atoms with E-state index in [9.17, 15) is 4.79 Å². The van der Waals surface area contributed by atoms with Crippen molar-refractivity contribution in [2.75, 3.05) is 19.1 Å². The maximum absolute atomic E-state index is 11.7. The average Bonchev–Trinajstić information content (AvgIpc) is 2.24. The van der Waals surface area contributed by atoms with Crippen molar-refractivity contribution in [1.29, 1.82) is 0 Å². The first-order valence-corrected chi connectivity index (χ1v) is 8.68. The minimum atomic E-state index is -0.479. The quantitative estimate of drug-likeness (QED) is 0.632. The normalized spacial score (nSPS) is 11.6. The molecule has 0 aliphatic rings. The summed E-state index contributed by atoms with van der Waals surface area (Å²) in [7, 11) is 0.219. The van der Waals surface area contributed by atoms with E-state index in [-0.39, 0.29) is 23.5 Å². The van der Waals surface area contributed by atoms with Crippen molar-refractivity contribution in [2.24, 2.45) is 0 Å². The van der Waals surface area contributed by atoms with Gasteiger partial charge in [0.2, 0.25) is 0 Å². The number of hydrogen-bond donors (Lipinski definition) is 0. The van der Waals surface area contributed by atoms with E-state index in [0.29, 0.717) is 0 Å². The fraction of sp³-hybridized carbons (Fsp3) is 0.562. The second kappa shape index (κ2) is 6.53. The number of carbonyl (C=O) groups excluding carboxylic acids is 1. The number of ether oxygens (including phenoxy) is 2. The molecular formula is C16H25O3S+. The van der Waals surface area contributed by atoms with Crippen molar-refractivity contribution in [2.45, 2.75) is 45.1 Å². The van der Waals surface area contributed by atoms with E-state index in [2.05, 4.69) is 24.6 Å². The zero-order valence-electron chi connectivity index (χ0n) is 13.5. The second-order valence-corrected chi connectivity index (χ2v) is 8.18. The van der Waals surface area contributed by atoms with E-state index >= 15 is 0 Å². The van der Waals surface area contributed by atoms with Crippen LogP contribution in [0.4, 0.5) is 0 Å². The van der Waals surface area contributed by atoms with Gasteiger partial charge in [-0.2, -0.15) is 0 Å². The van der Waals surface area contributed by atoms with Crippen molar-refractivity contribution < 1.29 is 14.3 Å². The lowest BCUT2D eigenvalue weighted by Crippen LogP contribution is -2.27. The highest BCUT2D eigenvalue weighted by molar-refractivity contribution is 7.95. The molecule has 0 bridgehead atoms. The van der Waals surface area contributed by atoms with Crippen LogP contribution in [-0.2, 0) is 20.4 Å². The monoisotopic (exact) mass is 297 g/mol. The van der Waals surface area contributed by atoms with E-state index in [4.69, 9.17) is 9.47 Å². The van der Waals surface area contributed by atoms with Crippen LogP contribution in [0.25, 0.3) is 0 Å². The van der Waals surface area contributed by atoms with Crippen LogP contribution in [0.3, 0.4) is 0 Å². The fourth-order valence-electron chi connectivity index (χ4n) is 1.88. The number of hydrogen-bond acceptors (Lipinski definition) is 3. The van der Waals surface area contributed by atoms with E-state index < -0.39 is 5.60 Å². The number of esters is 1. The summed E-state index contributed by atoms with van der Waals surface area (Å²) < 4.78 is 10.9. The molecule has 20 heavy (non-hydrogen) atoms. The topological polar surface area (TPSA) is 35.5 Å². The van der Waals surface area contributed by atoms with Gasteiger partial charge in [-0.15, -0.1) is 0 Å². The molecule has 0 aliphatic carbocycles. The van der Waals surface area contributed by atoms with Gasteiger partial charge in [-0.1, -0.05) is 0 Å². The third-order valence-electron chi connectivity index (χ3n) is 2.66. The van der Waals surface area contributed by atoms with Crippen LogP contribution >= 0.6 is 0 Å².